The lowest BCUT2D eigenvalue weighted by atomic mass is 10.1. The maximum absolute atomic E-state index is 5.27. The summed E-state index contributed by atoms with van der Waals surface area (Å²) in [6, 6.07) is 4.60. The summed E-state index contributed by atoms with van der Waals surface area (Å²) < 4.78 is 7.36. The lowest BCUT2D eigenvalue weighted by Crippen LogP contribution is -2.03. The van der Waals surface area contributed by atoms with Gasteiger partial charge in [0.1, 0.15) is 0 Å². The van der Waals surface area contributed by atoms with Gasteiger partial charge in [-0.25, -0.2) is 4.98 Å². The van der Waals surface area contributed by atoms with Crippen molar-refractivity contribution in [2.24, 2.45) is 5.92 Å². The third-order valence-corrected chi connectivity index (χ3v) is 2.60. The molecular formula is C12H17N3O. The largest absolute Gasteiger partial charge is 0.468 e. The number of hydrogen-bond donors (Lipinski definition) is 0. The first-order chi connectivity index (χ1) is 7.72. The van der Waals surface area contributed by atoms with Crippen LogP contribution >= 0.6 is 0 Å². The third kappa shape index (κ3) is 2.01. The molecule has 0 aliphatic rings. The normalized spacial score (nSPS) is 11.2. The van der Waals surface area contributed by atoms with Crippen LogP contribution in [0.4, 0.5) is 0 Å². The molecule has 2 rings (SSSR count). The van der Waals surface area contributed by atoms with Crippen molar-refractivity contribution in [2.75, 3.05) is 7.11 Å². The number of hydrogen-bond acceptors (Lipinski definition) is 3. The van der Waals surface area contributed by atoms with Crippen molar-refractivity contribution in [3.05, 3.63) is 18.3 Å². The molecule has 0 radical (unpaired) electrons. The van der Waals surface area contributed by atoms with Crippen LogP contribution in [0.25, 0.3) is 11.2 Å². The van der Waals surface area contributed by atoms with Gasteiger partial charge in [0.25, 0.3) is 6.01 Å². The first kappa shape index (κ1) is 10.9. The van der Waals surface area contributed by atoms with Gasteiger partial charge in [-0.15, -0.1) is 0 Å². The summed E-state index contributed by atoms with van der Waals surface area (Å²) in [6.45, 7) is 5.34. The van der Waals surface area contributed by atoms with Gasteiger partial charge in [0.15, 0.2) is 5.65 Å². The van der Waals surface area contributed by atoms with Crippen LogP contribution in [0.2, 0.25) is 0 Å². The molecule has 0 saturated heterocycles. The highest BCUT2D eigenvalue weighted by atomic mass is 16.5. The summed E-state index contributed by atoms with van der Waals surface area (Å²) in [5.74, 6) is 0.666. The molecule has 2 heterocycles. The molecule has 0 aromatic carbocycles. The van der Waals surface area contributed by atoms with Crippen LogP contribution in [0.5, 0.6) is 6.01 Å². The minimum Gasteiger partial charge on any atom is -0.468 e. The van der Waals surface area contributed by atoms with E-state index in [-0.39, 0.29) is 0 Å². The third-order valence-electron chi connectivity index (χ3n) is 2.60. The number of ether oxygens (including phenoxy) is 1. The summed E-state index contributed by atoms with van der Waals surface area (Å²) in [7, 11) is 1.65. The van der Waals surface area contributed by atoms with E-state index in [1.807, 2.05) is 12.1 Å². The summed E-state index contributed by atoms with van der Waals surface area (Å²) in [4.78, 5) is 8.56. The van der Waals surface area contributed by atoms with Gasteiger partial charge in [0.2, 0.25) is 0 Å². The van der Waals surface area contributed by atoms with Crippen molar-refractivity contribution < 1.29 is 4.74 Å². The highest BCUT2D eigenvalue weighted by molar-refractivity contribution is 5.72. The smallest absolute Gasteiger partial charge is 0.298 e. The van der Waals surface area contributed by atoms with Crippen molar-refractivity contribution in [1.82, 2.24) is 14.5 Å². The SMILES string of the molecule is COc1nc2ncccc2n1CCC(C)C. The fourth-order valence-electron chi connectivity index (χ4n) is 1.70. The second-order valence-electron chi connectivity index (χ2n) is 4.28. The highest BCUT2D eigenvalue weighted by Crippen LogP contribution is 2.20. The standard InChI is InChI=1S/C12H17N3O/c1-9(2)6-8-15-10-5-4-7-13-11(10)14-12(15)16-3/h4-5,7,9H,6,8H2,1-3H3. The summed E-state index contributed by atoms with van der Waals surface area (Å²) in [5.41, 5.74) is 1.79. The lowest BCUT2D eigenvalue weighted by Gasteiger charge is -2.09. The van der Waals surface area contributed by atoms with E-state index in [2.05, 4.69) is 28.4 Å². The van der Waals surface area contributed by atoms with Gasteiger partial charge in [0.05, 0.1) is 12.6 Å². The average Bonchev–Trinajstić information content (AvgIpc) is 2.64. The summed E-state index contributed by atoms with van der Waals surface area (Å²) >= 11 is 0. The molecule has 4 heteroatoms. The first-order valence-corrected chi connectivity index (χ1v) is 5.57. The van der Waals surface area contributed by atoms with Crippen LogP contribution in [0.15, 0.2) is 18.3 Å². The molecular weight excluding hydrogens is 202 g/mol. The van der Waals surface area contributed by atoms with Crippen LogP contribution in [0.1, 0.15) is 20.3 Å². The predicted octanol–water partition coefficient (Wildman–Crippen LogP) is 2.49. The van der Waals surface area contributed by atoms with E-state index in [1.54, 1.807) is 13.3 Å². The van der Waals surface area contributed by atoms with Gasteiger partial charge in [-0.1, -0.05) is 13.8 Å². The Kier molecular flexibility index (Phi) is 3.08. The van der Waals surface area contributed by atoms with Crippen molar-refractivity contribution in [2.45, 2.75) is 26.8 Å². The molecule has 0 fully saturated rings. The van der Waals surface area contributed by atoms with E-state index >= 15 is 0 Å². The number of imidazole rings is 1. The molecule has 2 aromatic heterocycles. The molecule has 0 saturated carbocycles. The maximum atomic E-state index is 5.27. The van der Waals surface area contributed by atoms with E-state index < -0.39 is 0 Å². The molecule has 0 amide bonds. The zero-order valence-corrected chi connectivity index (χ0v) is 9.97. The van der Waals surface area contributed by atoms with E-state index in [0.717, 1.165) is 24.1 Å². The van der Waals surface area contributed by atoms with E-state index in [0.29, 0.717) is 11.9 Å². The summed E-state index contributed by atoms with van der Waals surface area (Å²) in [6.07, 6.45) is 2.86. The second kappa shape index (κ2) is 4.51. The van der Waals surface area contributed by atoms with Gasteiger partial charge in [-0.3, -0.25) is 4.57 Å². The van der Waals surface area contributed by atoms with Gasteiger partial charge in [0, 0.05) is 12.7 Å². The molecule has 0 aliphatic heterocycles. The molecule has 0 N–H and O–H groups in total. The molecule has 0 atom stereocenters. The topological polar surface area (TPSA) is 39.9 Å². The van der Waals surface area contributed by atoms with E-state index in [4.69, 9.17) is 4.74 Å². The minimum atomic E-state index is 0.648. The lowest BCUT2D eigenvalue weighted by molar-refractivity contribution is 0.352. The van der Waals surface area contributed by atoms with E-state index in [1.165, 1.54) is 0 Å². The Labute approximate surface area is 95.3 Å². The maximum Gasteiger partial charge on any atom is 0.298 e. The first-order valence-electron chi connectivity index (χ1n) is 5.57. The predicted molar refractivity (Wildman–Crippen MR) is 63.5 cm³/mol. The number of nitrogens with zero attached hydrogens (tertiary/aromatic N) is 3. The van der Waals surface area contributed by atoms with E-state index in [9.17, 15) is 0 Å². The number of aromatic nitrogens is 3. The van der Waals surface area contributed by atoms with Crippen LogP contribution in [-0.2, 0) is 6.54 Å². The van der Waals surface area contributed by atoms with Crippen LogP contribution in [0, 0.1) is 5.92 Å². The van der Waals surface area contributed by atoms with Gasteiger partial charge in [-0.2, -0.15) is 4.98 Å². The number of pyridine rings is 1. The highest BCUT2D eigenvalue weighted by Gasteiger charge is 2.11. The number of aryl methyl sites for hydroxylation is 1. The fourth-order valence-corrected chi connectivity index (χ4v) is 1.70. The van der Waals surface area contributed by atoms with Crippen LogP contribution in [-0.4, -0.2) is 21.6 Å². The Morgan fingerprint density at radius 3 is 2.94 bits per heavy atom. The fraction of sp³-hybridized carbons (Fsp3) is 0.500. The number of rotatable bonds is 4. The molecule has 4 nitrogen and oxygen atoms in total. The van der Waals surface area contributed by atoms with Gasteiger partial charge >= 0.3 is 0 Å². The molecule has 0 unspecified atom stereocenters. The average molecular weight is 219 g/mol. The zero-order valence-electron chi connectivity index (χ0n) is 9.97. The Balaban J connectivity index is 2.39. The zero-order chi connectivity index (χ0) is 11.5. The van der Waals surface area contributed by atoms with Crippen LogP contribution in [0.3, 0.4) is 0 Å². The Morgan fingerprint density at radius 2 is 2.25 bits per heavy atom. The van der Waals surface area contributed by atoms with Gasteiger partial charge < -0.3 is 4.74 Å². The van der Waals surface area contributed by atoms with Crippen LogP contribution < -0.4 is 4.74 Å². The Morgan fingerprint density at radius 1 is 1.44 bits per heavy atom. The monoisotopic (exact) mass is 219 g/mol. The van der Waals surface area contributed by atoms with Crippen molar-refractivity contribution in [1.29, 1.82) is 0 Å². The molecule has 2 aromatic rings. The Bertz CT molecular complexity index is 476. The molecule has 0 aliphatic carbocycles. The molecule has 0 bridgehead atoms. The summed E-state index contributed by atoms with van der Waals surface area (Å²) in [5, 5.41) is 0. The molecule has 0 spiro atoms. The Hall–Kier alpha value is -1.58. The second-order valence-corrected chi connectivity index (χ2v) is 4.28. The van der Waals surface area contributed by atoms with Gasteiger partial charge in [-0.05, 0) is 24.5 Å². The molecule has 16 heavy (non-hydrogen) atoms. The quantitative estimate of drug-likeness (QED) is 0.793. The van der Waals surface area contributed by atoms with Crippen molar-refractivity contribution in [3.63, 3.8) is 0 Å². The number of fused-ring (bicyclic) bond motifs is 1. The van der Waals surface area contributed by atoms with Crippen molar-refractivity contribution >= 4 is 11.2 Å². The van der Waals surface area contributed by atoms with Crippen molar-refractivity contribution in [3.8, 4) is 6.01 Å². The number of methoxy groups -OCH3 is 1. The minimum absolute atomic E-state index is 0.648. The molecule has 86 valence electrons.